The zero-order valence-corrected chi connectivity index (χ0v) is 22.6. The Morgan fingerprint density at radius 2 is 1.73 bits per heavy atom. The molecule has 2 aromatic rings. The number of phenols is 1. The minimum absolute atomic E-state index is 0.124. The zero-order chi connectivity index (χ0) is 28.7. The first-order chi connectivity index (χ1) is 19.0. The van der Waals surface area contributed by atoms with E-state index >= 15 is 0 Å². The first kappa shape index (κ1) is 26.3. The number of hydrogen-bond donors (Lipinski definition) is 2. The molecular weight excluding hydrogens is 543 g/mol. The quantitative estimate of drug-likeness (QED) is 0.426. The first-order valence-corrected chi connectivity index (χ1v) is 13.2. The largest absolute Gasteiger partial charge is 0.508 e. The van der Waals surface area contributed by atoms with Gasteiger partial charge in [-0.2, -0.15) is 0 Å². The van der Waals surface area contributed by atoms with Gasteiger partial charge in [-0.05, 0) is 43.9 Å². The molecule has 6 atom stereocenters. The number of nitrogens with zero attached hydrogens (tertiary/aromatic N) is 1. The molecule has 0 unspecified atom stereocenters. The van der Waals surface area contributed by atoms with Crippen molar-refractivity contribution in [3.05, 3.63) is 58.4 Å². The standard InChI is InChI=1S/C29H26ClFN2O7/c1-29-17(27(37)33(28(29)38)12-4-7-19(31)18(30)8-12)11-16-14(5-6-15-22(16)26(36)32-25(15)35)24(29)23-20(39-2)9-13(34)10-21(23)40-3/h4-5,7-10,15-17,22,24,34H,6,11H2,1-3H3,(H,32,35,36)/t15-,16+,17-,22-,24+,29+/m0/s1. The van der Waals surface area contributed by atoms with Gasteiger partial charge in [0.2, 0.25) is 23.6 Å². The van der Waals surface area contributed by atoms with Crippen LogP contribution in [0.5, 0.6) is 17.2 Å². The topological polar surface area (TPSA) is 122 Å². The Hall–Kier alpha value is -3.92. The van der Waals surface area contributed by atoms with Gasteiger partial charge < -0.3 is 14.6 Å². The molecule has 40 heavy (non-hydrogen) atoms. The molecule has 2 saturated heterocycles. The number of phenolic OH excluding ortho intramolecular Hbond substituents is 1. The maximum atomic E-state index is 14.4. The lowest BCUT2D eigenvalue weighted by Gasteiger charge is -2.49. The number of fused-ring (bicyclic) bond motifs is 4. The van der Waals surface area contributed by atoms with Crippen LogP contribution in [0.15, 0.2) is 42.0 Å². The van der Waals surface area contributed by atoms with Crippen LogP contribution >= 0.6 is 11.6 Å². The van der Waals surface area contributed by atoms with Crippen molar-refractivity contribution in [1.82, 2.24) is 5.32 Å². The van der Waals surface area contributed by atoms with Crippen LogP contribution in [0.1, 0.15) is 31.2 Å². The number of allylic oxidation sites excluding steroid dienone is 2. The molecule has 3 fully saturated rings. The van der Waals surface area contributed by atoms with E-state index in [2.05, 4.69) is 5.32 Å². The highest BCUT2D eigenvalue weighted by atomic mass is 35.5. The fourth-order valence-electron chi connectivity index (χ4n) is 7.31. The van der Waals surface area contributed by atoms with E-state index in [1.54, 1.807) is 6.92 Å². The van der Waals surface area contributed by atoms with Crippen LogP contribution in [-0.2, 0) is 19.2 Å². The molecule has 2 heterocycles. The third kappa shape index (κ3) is 3.44. The molecule has 4 amide bonds. The number of carbonyl (C=O) groups excluding carboxylic acids is 4. The number of methoxy groups -OCH3 is 2. The van der Waals surface area contributed by atoms with Gasteiger partial charge in [-0.25, -0.2) is 9.29 Å². The summed E-state index contributed by atoms with van der Waals surface area (Å²) in [6.07, 6.45) is 2.32. The van der Waals surface area contributed by atoms with Crippen LogP contribution in [0.2, 0.25) is 5.02 Å². The summed E-state index contributed by atoms with van der Waals surface area (Å²) in [4.78, 5) is 55.1. The molecule has 2 aliphatic carbocycles. The van der Waals surface area contributed by atoms with Gasteiger partial charge in [0.05, 0.1) is 48.1 Å². The number of anilines is 1. The molecular formula is C29H26ClFN2O7. The number of nitrogens with one attached hydrogen (secondary N) is 1. The van der Waals surface area contributed by atoms with Crippen LogP contribution in [-0.4, -0.2) is 43.0 Å². The molecule has 4 aliphatic rings. The number of amides is 4. The van der Waals surface area contributed by atoms with E-state index in [9.17, 15) is 28.7 Å². The van der Waals surface area contributed by atoms with E-state index in [1.165, 1.54) is 38.5 Å². The van der Waals surface area contributed by atoms with E-state index in [0.29, 0.717) is 5.56 Å². The Morgan fingerprint density at radius 1 is 1.05 bits per heavy atom. The van der Waals surface area contributed by atoms with Crippen LogP contribution in [0.25, 0.3) is 0 Å². The molecule has 1 saturated carbocycles. The molecule has 0 aromatic heterocycles. The summed E-state index contributed by atoms with van der Waals surface area (Å²) in [5.74, 6) is -5.66. The second kappa shape index (κ2) is 9.05. The lowest BCUT2D eigenvalue weighted by atomic mass is 9.51. The second-order valence-corrected chi connectivity index (χ2v) is 11.3. The summed E-state index contributed by atoms with van der Waals surface area (Å²) in [7, 11) is 2.83. The fourth-order valence-corrected chi connectivity index (χ4v) is 7.49. The van der Waals surface area contributed by atoms with Crippen molar-refractivity contribution in [1.29, 1.82) is 0 Å². The summed E-state index contributed by atoms with van der Waals surface area (Å²) in [6.45, 7) is 1.70. The predicted octanol–water partition coefficient (Wildman–Crippen LogP) is 3.72. The van der Waals surface area contributed by atoms with Crippen molar-refractivity contribution >= 4 is 40.9 Å². The lowest BCUT2D eigenvalue weighted by molar-refractivity contribution is -0.131. The maximum Gasteiger partial charge on any atom is 0.241 e. The molecule has 2 N–H and O–H groups in total. The Morgan fingerprint density at radius 3 is 2.35 bits per heavy atom. The van der Waals surface area contributed by atoms with Crippen molar-refractivity contribution in [3.8, 4) is 17.2 Å². The van der Waals surface area contributed by atoms with Crippen LogP contribution in [0.3, 0.4) is 0 Å². The number of rotatable bonds is 4. The average Bonchev–Trinajstić information content (AvgIpc) is 3.32. The number of benzene rings is 2. The Balaban J connectivity index is 1.60. The lowest BCUT2D eigenvalue weighted by Crippen LogP contribution is -2.49. The Bertz CT molecular complexity index is 1520. The van der Waals surface area contributed by atoms with E-state index in [-0.39, 0.29) is 46.7 Å². The van der Waals surface area contributed by atoms with Gasteiger partial charge in [0.1, 0.15) is 23.1 Å². The predicted molar refractivity (Wildman–Crippen MR) is 140 cm³/mol. The second-order valence-electron chi connectivity index (χ2n) is 10.9. The van der Waals surface area contributed by atoms with E-state index in [1.807, 2.05) is 6.08 Å². The maximum absolute atomic E-state index is 14.4. The van der Waals surface area contributed by atoms with Gasteiger partial charge in [-0.15, -0.1) is 0 Å². The summed E-state index contributed by atoms with van der Waals surface area (Å²) in [6, 6.07) is 6.44. The Labute approximate surface area is 233 Å². The zero-order valence-electron chi connectivity index (χ0n) is 21.9. The minimum atomic E-state index is -1.39. The van der Waals surface area contributed by atoms with Gasteiger partial charge in [0, 0.05) is 23.6 Å². The highest BCUT2D eigenvalue weighted by Crippen LogP contribution is 2.65. The smallest absolute Gasteiger partial charge is 0.241 e. The fraction of sp³-hybridized carbons (Fsp3) is 0.379. The summed E-state index contributed by atoms with van der Waals surface area (Å²) in [5, 5.41) is 12.5. The van der Waals surface area contributed by atoms with Crippen molar-refractivity contribution in [2.75, 3.05) is 19.1 Å². The van der Waals surface area contributed by atoms with Gasteiger partial charge in [0.25, 0.3) is 0 Å². The molecule has 11 heteroatoms. The highest BCUT2D eigenvalue weighted by molar-refractivity contribution is 6.31. The van der Waals surface area contributed by atoms with Gasteiger partial charge in [-0.3, -0.25) is 24.5 Å². The molecule has 6 rings (SSSR count). The van der Waals surface area contributed by atoms with Crippen molar-refractivity contribution in [3.63, 3.8) is 0 Å². The van der Waals surface area contributed by atoms with E-state index in [4.69, 9.17) is 21.1 Å². The summed E-state index contributed by atoms with van der Waals surface area (Å²) >= 11 is 6.02. The van der Waals surface area contributed by atoms with Crippen LogP contribution in [0.4, 0.5) is 10.1 Å². The SMILES string of the molecule is COc1cc(O)cc(OC)c1[C@H]1C2=CC[C@@H]3C(=O)NC(=O)[C@@H]3[C@@H]2C[C@H]2C(=O)N(c3ccc(F)c(Cl)c3)C(=O)[C@@]12C. The summed E-state index contributed by atoms with van der Waals surface area (Å²) in [5.41, 5.74) is -0.0881. The monoisotopic (exact) mass is 568 g/mol. The molecule has 9 nitrogen and oxygen atoms in total. The molecule has 0 spiro atoms. The first-order valence-electron chi connectivity index (χ1n) is 12.9. The third-order valence-corrected chi connectivity index (χ3v) is 9.39. The van der Waals surface area contributed by atoms with E-state index < -0.39 is 58.5 Å². The number of carbonyl (C=O) groups is 4. The average molecular weight is 569 g/mol. The molecule has 2 aromatic carbocycles. The number of hydrogen-bond acceptors (Lipinski definition) is 7. The molecule has 208 valence electrons. The van der Waals surface area contributed by atoms with E-state index in [0.717, 1.165) is 16.5 Å². The summed E-state index contributed by atoms with van der Waals surface area (Å²) < 4.78 is 25.3. The van der Waals surface area contributed by atoms with Gasteiger partial charge >= 0.3 is 0 Å². The normalized spacial score (nSPS) is 30.9. The molecule has 0 bridgehead atoms. The third-order valence-electron chi connectivity index (χ3n) is 9.10. The molecule has 2 aliphatic heterocycles. The molecule has 0 radical (unpaired) electrons. The number of imide groups is 2. The van der Waals surface area contributed by atoms with Gasteiger partial charge in [0.15, 0.2) is 0 Å². The highest BCUT2D eigenvalue weighted by Gasteiger charge is 2.67. The van der Waals surface area contributed by atoms with Crippen LogP contribution < -0.4 is 19.7 Å². The number of aromatic hydroxyl groups is 1. The number of halogens is 2. The minimum Gasteiger partial charge on any atom is -0.508 e. The van der Waals surface area contributed by atoms with Crippen molar-refractivity contribution in [2.24, 2.45) is 29.1 Å². The van der Waals surface area contributed by atoms with Gasteiger partial charge in [-0.1, -0.05) is 23.3 Å². The Kier molecular flexibility index (Phi) is 5.96. The van der Waals surface area contributed by atoms with Crippen molar-refractivity contribution < 1.29 is 38.1 Å². The van der Waals surface area contributed by atoms with Crippen molar-refractivity contribution in [2.45, 2.75) is 25.7 Å². The van der Waals surface area contributed by atoms with Crippen LogP contribution in [0, 0.1) is 34.9 Å². The number of ether oxygens (including phenoxy) is 2.